The van der Waals surface area contributed by atoms with Crippen molar-refractivity contribution in [2.45, 2.75) is 19.4 Å². The summed E-state index contributed by atoms with van der Waals surface area (Å²) in [5, 5.41) is 0.613. The first-order valence-corrected chi connectivity index (χ1v) is 5.18. The molecule has 3 nitrogen and oxygen atoms in total. The fraction of sp³-hybridized carbons (Fsp3) is 0.455. The summed E-state index contributed by atoms with van der Waals surface area (Å²) in [6.45, 7) is 2.01. The number of hydrogen-bond acceptors (Lipinski definition) is 3. The van der Waals surface area contributed by atoms with E-state index in [4.69, 9.17) is 26.8 Å². The molecule has 84 valence electrons. The molecule has 0 saturated heterocycles. The molecule has 1 atom stereocenters. The molecule has 0 fully saturated rings. The van der Waals surface area contributed by atoms with Crippen molar-refractivity contribution in [2.75, 3.05) is 14.2 Å². The lowest BCUT2D eigenvalue weighted by molar-refractivity contribution is 0.354. The van der Waals surface area contributed by atoms with Crippen LogP contribution in [0.5, 0.6) is 11.5 Å². The Hall–Kier alpha value is -0.930. The highest BCUT2D eigenvalue weighted by atomic mass is 35.5. The van der Waals surface area contributed by atoms with Gasteiger partial charge in [0, 0.05) is 17.1 Å². The summed E-state index contributed by atoms with van der Waals surface area (Å²) in [5.41, 5.74) is 6.82. The summed E-state index contributed by atoms with van der Waals surface area (Å²) < 4.78 is 10.3. The topological polar surface area (TPSA) is 44.5 Å². The molecule has 0 amide bonds. The molecular weight excluding hydrogens is 214 g/mol. The molecule has 15 heavy (non-hydrogen) atoms. The molecule has 0 aliphatic carbocycles. The highest BCUT2D eigenvalue weighted by Gasteiger charge is 2.13. The Kier molecular flexibility index (Phi) is 4.24. The zero-order chi connectivity index (χ0) is 11.4. The van der Waals surface area contributed by atoms with E-state index in [-0.39, 0.29) is 6.04 Å². The van der Waals surface area contributed by atoms with Crippen LogP contribution in [0.25, 0.3) is 0 Å². The standard InChI is InChI=1S/C11H16ClNO2/c1-4-9(13)7-5-10(14-2)11(15-3)6-8(7)12/h5-6,9H,4,13H2,1-3H3/t9-/m1/s1. The molecule has 1 rings (SSSR count). The number of rotatable bonds is 4. The molecule has 0 saturated carbocycles. The molecule has 1 aromatic carbocycles. The van der Waals surface area contributed by atoms with Gasteiger partial charge in [-0.15, -0.1) is 0 Å². The molecule has 0 aliphatic heterocycles. The minimum Gasteiger partial charge on any atom is -0.493 e. The second-order valence-corrected chi connectivity index (χ2v) is 3.65. The fourth-order valence-corrected chi connectivity index (χ4v) is 1.67. The van der Waals surface area contributed by atoms with E-state index in [9.17, 15) is 0 Å². The Morgan fingerprint density at radius 2 is 1.80 bits per heavy atom. The highest BCUT2D eigenvalue weighted by Crippen LogP contribution is 2.35. The SMILES string of the molecule is CC[C@@H](N)c1cc(OC)c(OC)cc1Cl. The quantitative estimate of drug-likeness (QED) is 0.864. The van der Waals surface area contributed by atoms with Crippen molar-refractivity contribution in [1.29, 1.82) is 0 Å². The number of halogens is 1. The lowest BCUT2D eigenvalue weighted by atomic mass is 10.0. The first-order chi connectivity index (χ1) is 7.13. The van der Waals surface area contributed by atoms with Gasteiger partial charge in [0.1, 0.15) is 0 Å². The summed E-state index contributed by atoms with van der Waals surface area (Å²) in [6, 6.07) is 3.48. The van der Waals surface area contributed by atoms with Crippen LogP contribution < -0.4 is 15.2 Å². The third-order valence-corrected chi connectivity index (χ3v) is 2.67. The van der Waals surface area contributed by atoms with Crippen LogP contribution in [0.2, 0.25) is 5.02 Å². The molecule has 0 aromatic heterocycles. The van der Waals surface area contributed by atoms with Gasteiger partial charge in [-0.1, -0.05) is 18.5 Å². The molecule has 0 heterocycles. The molecule has 0 radical (unpaired) electrons. The monoisotopic (exact) mass is 229 g/mol. The molecule has 0 bridgehead atoms. The second kappa shape index (κ2) is 5.24. The normalized spacial score (nSPS) is 12.3. The van der Waals surface area contributed by atoms with Gasteiger partial charge >= 0.3 is 0 Å². The van der Waals surface area contributed by atoms with Crippen LogP contribution in [0, 0.1) is 0 Å². The largest absolute Gasteiger partial charge is 0.493 e. The van der Waals surface area contributed by atoms with E-state index < -0.39 is 0 Å². The number of nitrogens with two attached hydrogens (primary N) is 1. The summed E-state index contributed by atoms with van der Waals surface area (Å²) in [5.74, 6) is 1.27. The van der Waals surface area contributed by atoms with E-state index in [1.807, 2.05) is 13.0 Å². The lowest BCUT2D eigenvalue weighted by Crippen LogP contribution is -2.09. The maximum atomic E-state index is 6.10. The maximum Gasteiger partial charge on any atom is 0.162 e. The number of ether oxygens (including phenoxy) is 2. The van der Waals surface area contributed by atoms with Crippen LogP contribution in [0.1, 0.15) is 24.9 Å². The van der Waals surface area contributed by atoms with E-state index in [2.05, 4.69) is 0 Å². The Morgan fingerprint density at radius 3 is 2.27 bits per heavy atom. The maximum absolute atomic E-state index is 6.10. The Balaban J connectivity index is 3.19. The van der Waals surface area contributed by atoms with E-state index in [0.717, 1.165) is 12.0 Å². The number of benzene rings is 1. The van der Waals surface area contributed by atoms with E-state index in [1.54, 1.807) is 20.3 Å². The third kappa shape index (κ3) is 2.55. The molecule has 0 spiro atoms. The minimum atomic E-state index is -0.0719. The summed E-state index contributed by atoms with van der Waals surface area (Å²) in [7, 11) is 3.17. The van der Waals surface area contributed by atoms with Gasteiger partial charge in [0.15, 0.2) is 11.5 Å². The molecular formula is C11H16ClNO2. The zero-order valence-corrected chi connectivity index (χ0v) is 9.97. The van der Waals surface area contributed by atoms with Gasteiger partial charge in [0.25, 0.3) is 0 Å². The van der Waals surface area contributed by atoms with E-state index in [0.29, 0.717) is 16.5 Å². The summed E-state index contributed by atoms with van der Waals surface area (Å²) in [6.07, 6.45) is 0.829. The van der Waals surface area contributed by atoms with Gasteiger partial charge in [-0.05, 0) is 18.1 Å². The summed E-state index contributed by atoms with van der Waals surface area (Å²) in [4.78, 5) is 0. The lowest BCUT2D eigenvalue weighted by Gasteiger charge is -2.15. The van der Waals surface area contributed by atoms with E-state index in [1.165, 1.54) is 0 Å². The Labute approximate surface area is 95.1 Å². The third-order valence-electron chi connectivity index (χ3n) is 2.34. The first-order valence-electron chi connectivity index (χ1n) is 4.81. The van der Waals surface area contributed by atoms with Crippen LogP contribution in [0.15, 0.2) is 12.1 Å². The molecule has 1 aromatic rings. The number of methoxy groups -OCH3 is 2. The van der Waals surface area contributed by atoms with Gasteiger partial charge in [-0.2, -0.15) is 0 Å². The minimum absolute atomic E-state index is 0.0719. The molecule has 0 unspecified atom stereocenters. The highest BCUT2D eigenvalue weighted by molar-refractivity contribution is 6.31. The predicted octanol–water partition coefficient (Wildman–Crippen LogP) is 2.77. The van der Waals surface area contributed by atoms with Crippen LogP contribution in [0.4, 0.5) is 0 Å². The van der Waals surface area contributed by atoms with Gasteiger partial charge < -0.3 is 15.2 Å². The van der Waals surface area contributed by atoms with Crippen molar-refractivity contribution in [3.63, 3.8) is 0 Å². The van der Waals surface area contributed by atoms with Gasteiger partial charge in [-0.3, -0.25) is 0 Å². The summed E-state index contributed by atoms with van der Waals surface area (Å²) >= 11 is 6.10. The van der Waals surface area contributed by atoms with Crippen molar-refractivity contribution >= 4 is 11.6 Å². The average Bonchev–Trinajstić information content (AvgIpc) is 2.27. The predicted molar refractivity (Wildman–Crippen MR) is 61.8 cm³/mol. The van der Waals surface area contributed by atoms with Crippen molar-refractivity contribution < 1.29 is 9.47 Å². The van der Waals surface area contributed by atoms with Crippen molar-refractivity contribution in [3.05, 3.63) is 22.7 Å². The molecule has 0 aliphatic rings. The Bertz CT molecular complexity index is 342. The fourth-order valence-electron chi connectivity index (χ4n) is 1.37. The molecule has 4 heteroatoms. The molecule has 2 N–H and O–H groups in total. The van der Waals surface area contributed by atoms with Gasteiger partial charge in [0.05, 0.1) is 14.2 Å². The average molecular weight is 230 g/mol. The van der Waals surface area contributed by atoms with Crippen molar-refractivity contribution in [3.8, 4) is 11.5 Å². The van der Waals surface area contributed by atoms with E-state index >= 15 is 0 Å². The van der Waals surface area contributed by atoms with Crippen molar-refractivity contribution in [1.82, 2.24) is 0 Å². The first kappa shape index (κ1) is 12.1. The Morgan fingerprint density at radius 1 is 1.27 bits per heavy atom. The van der Waals surface area contributed by atoms with Gasteiger partial charge in [0.2, 0.25) is 0 Å². The van der Waals surface area contributed by atoms with Gasteiger partial charge in [-0.25, -0.2) is 0 Å². The number of hydrogen-bond donors (Lipinski definition) is 1. The smallest absolute Gasteiger partial charge is 0.162 e. The van der Waals surface area contributed by atoms with Crippen LogP contribution in [-0.2, 0) is 0 Å². The zero-order valence-electron chi connectivity index (χ0n) is 9.21. The second-order valence-electron chi connectivity index (χ2n) is 3.24. The van der Waals surface area contributed by atoms with Crippen LogP contribution in [0.3, 0.4) is 0 Å². The van der Waals surface area contributed by atoms with Crippen molar-refractivity contribution in [2.24, 2.45) is 5.73 Å². The van der Waals surface area contributed by atoms with Crippen LogP contribution >= 0.6 is 11.6 Å². The van der Waals surface area contributed by atoms with Crippen LogP contribution in [-0.4, -0.2) is 14.2 Å².